The van der Waals surface area contributed by atoms with Gasteiger partial charge in [0.2, 0.25) is 0 Å². The number of nitrogens with one attached hydrogen (secondary N) is 4. The van der Waals surface area contributed by atoms with E-state index >= 15 is 0 Å². The minimum absolute atomic E-state index is 0.00542. The number of amides is 2. The number of aliphatic hydroxyl groups is 1. The Bertz CT molecular complexity index is 1570. The van der Waals surface area contributed by atoms with E-state index in [1.807, 2.05) is 6.07 Å². The van der Waals surface area contributed by atoms with Crippen molar-refractivity contribution >= 4 is 23.7 Å². The lowest BCUT2D eigenvalue weighted by molar-refractivity contribution is -0.943. The standard InChI is InChI=1S/C28H34FN9O5/c1-26(2)9-10-43-20-15(5-4-6-16(20)26)22(39)35-19-13-37-24(30)34-18(12-33-23(40)17-8-7-14(29)11-32-17)21-28(37,27(19,3)41)38(42)25(31)36-21/h4-8,11,18-19,21,41-42H,9-10,12-13H2,1-3H3,(H6,30,31,33,34,35,36,39,40)/p+2/t18?,19-,21?,27-,28?/m0/s1. The van der Waals surface area contributed by atoms with Gasteiger partial charge in [-0.1, -0.05) is 26.0 Å². The van der Waals surface area contributed by atoms with E-state index in [4.69, 9.17) is 16.2 Å². The quantitative estimate of drug-likeness (QED) is 0.144. The Kier molecular flexibility index (Phi) is 6.41. The Morgan fingerprint density at radius 2 is 1.93 bits per heavy atom. The molecule has 14 nitrogen and oxygen atoms in total. The molecule has 0 radical (unpaired) electrons. The zero-order valence-corrected chi connectivity index (χ0v) is 24.0. The third kappa shape index (κ3) is 4.12. The summed E-state index contributed by atoms with van der Waals surface area (Å²) in [5.41, 5.74) is 10.2. The maximum atomic E-state index is 13.7. The second-order valence-corrected chi connectivity index (χ2v) is 12.2. The molecule has 1 spiro atoms. The summed E-state index contributed by atoms with van der Waals surface area (Å²) in [6, 6.07) is 5.32. The molecule has 3 unspecified atom stereocenters. The number of halogens is 1. The zero-order chi connectivity index (χ0) is 30.9. The molecule has 10 N–H and O–H groups in total. The monoisotopic (exact) mass is 597 g/mol. The van der Waals surface area contributed by atoms with Crippen LogP contribution in [0, 0.1) is 5.82 Å². The smallest absolute Gasteiger partial charge is 0.384 e. The Balaban J connectivity index is 1.29. The summed E-state index contributed by atoms with van der Waals surface area (Å²) in [7, 11) is 0. The van der Waals surface area contributed by atoms with Gasteiger partial charge in [-0.25, -0.2) is 13.9 Å². The minimum Gasteiger partial charge on any atom is -0.492 e. The van der Waals surface area contributed by atoms with Crippen molar-refractivity contribution in [3.8, 4) is 5.75 Å². The van der Waals surface area contributed by atoms with E-state index in [-0.39, 0.29) is 36.1 Å². The number of hydroxylamine groups is 1. The fourth-order valence-electron chi connectivity index (χ4n) is 6.83. The highest BCUT2D eigenvalue weighted by Gasteiger charge is 2.79. The number of benzene rings is 1. The topological polar surface area (TPSA) is 203 Å². The minimum atomic E-state index is -1.85. The first-order chi connectivity index (χ1) is 20.3. The van der Waals surface area contributed by atoms with Crippen molar-refractivity contribution in [2.45, 2.75) is 62.0 Å². The van der Waals surface area contributed by atoms with E-state index in [1.165, 1.54) is 13.0 Å². The van der Waals surface area contributed by atoms with E-state index in [9.17, 15) is 24.3 Å². The van der Waals surface area contributed by atoms with Gasteiger partial charge in [0.25, 0.3) is 11.8 Å². The van der Waals surface area contributed by atoms with Crippen LogP contribution in [0.2, 0.25) is 0 Å². The number of carbonyl (C=O) groups is 2. The van der Waals surface area contributed by atoms with Gasteiger partial charge in [0, 0.05) is 5.56 Å². The lowest BCUT2D eigenvalue weighted by Gasteiger charge is -2.42. The van der Waals surface area contributed by atoms with Gasteiger partial charge in [-0.3, -0.25) is 31.7 Å². The van der Waals surface area contributed by atoms with E-state index < -0.39 is 47.0 Å². The number of fused-ring (bicyclic) bond motifs is 1. The van der Waals surface area contributed by atoms with E-state index in [0.717, 1.165) is 29.0 Å². The van der Waals surface area contributed by atoms with E-state index in [2.05, 4.69) is 40.1 Å². The molecule has 4 aliphatic rings. The SMILES string of the molecule is CC1(C)CCOc2c(C(=O)N[C@H]3C[N+]4=C(N)NC(CNC(=O)c5ccc(F)cn5)C5NC(N)=[N+](O)C54[C@@]3(C)O)cccc21. The van der Waals surface area contributed by atoms with E-state index in [1.54, 1.807) is 16.7 Å². The summed E-state index contributed by atoms with van der Waals surface area (Å²) in [5.74, 6) is -1.15. The lowest BCUT2D eigenvalue weighted by atomic mass is 9.78. The molecule has 1 aromatic heterocycles. The number of rotatable bonds is 5. The van der Waals surface area contributed by atoms with E-state index in [0.29, 0.717) is 17.9 Å². The summed E-state index contributed by atoms with van der Waals surface area (Å²) >= 11 is 0. The molecule has 2 aromatic rings. The van der Waals surface area contributed by atoms with Crippen LogP contribution in [0.3, 0.4) is 0 Å². The summed E-state index contributed by atoms with van der Waals surface area (Å²) in [6.45, 7) is 6.13. The average Bonchev–Trinajstić information content (AvgIpc) is 3.37. The molecule has 5 atom stereocenters. The van der Waals surface area contributed by atoms with Crippen LogP contribution in [0.4, 0.5) is 4.39 Å². The molecule has 1 saturated heterocycles. The number of hydrogen-bond donors (Lipinski definition) is 8. The fourth-order valence-corrected chi connectivity index (χ4v) is 6.83. The molecule has 2 amide bonds. The first kappa shape index (κ1) is 28.5. The number of pyridine rings is 1. The van der Waals surface area contributed by atoms with Crippen molar-refractivity contribution in [1.82, 2.24) is 26.3 Å². The highest BCUT2D eigenvalue weighted by Crippen LogP contribution is 2.44. The molecular weight excluding hydrogens is 561 g/mol. The Morgan fingerprint density at radius 3 is 2.65 bits per heavy atom. The average molecular weight is 598 g/mol. The summed E-state index contributed by atoms with van der Waals surface area (Å²) in [5, 5.41) is 35.3. The van der Waals surface area contributed by atoms with Gasteiger partial charge in [-0.05, 0) is 41.7 Å². The second-order valence-electron chi connectivity index (χ2n) is 12.2. The van der Waals surface area contributed by atoms with Crippen LogP contribution in [0.1, 0.15) is 53.6 Å². The van der Waals surface area contributed by atoms with Gasteiger partial charge >= 0.3 is 17.6 Å². The third-order valence-electron chi connectivity index (χ3n) is 9.22. The molecule has 0 aliphatic carbocycles. The van der Waals surface area contributed by atoms with Crippen LogP contribution < -0.4 is 37.5 Å². The summed E-state index contributed by atoms with van der Waals surface area (Å²) in [6.07, 6.45) is 1.75. The molecule has 1 fully saturated rings. The Labute approximate surface area is 246 Å². The van der Waals surface area contributed by atoms with Crippen molar-refractivity contribution in [3.05, 3.63) is 59.2 Å². The van der Waals surface area contributed by atoms with Gasteiger partial charge in [-0.2, -0.15) is 0 Å². The van der Waals surface area contributed by atoms with Crippen molar-refractivity contribution in [2.24, 2.45) is 11.5 Å². The lowest BCUT2D eigenvalue weighted by Crippen LogP contribution is -2.79. The zero-order valence-electron chi connectivity index (χ0n) is 24.0. The number of guanidine groups is 2. The van der Waals surface area contributed by atoms with Crippen LogP contribution in [0.5, 0.6) is 5.75 Å². The highest BCUT2D eigenvalue weighted by molar-refractivity contribution is 5.98. The summed E-state index contributed by atoms with van der Waals surface area (Å²) in [4.78, 5) is 30.2. The number of aromatic nitrogens is 1. The van der Waals surface area contributed by atoms with Crippen molar-refractivity contribution in [3.63, 3.8) is 0 Å². The number of ether oxygens (including phenoxy) is 1. The first-order valence-electron chi connectivity index (χ1n) is 14.0. The molecule has 5 heterocycles. The number of nitrogens with zero attached hydrogens (tertiary/aromatic N) is 3. The van der Waals surface area contributed by atoms with Gasteiger partial charge in [0.15, 0.2) is 11.6 Å². The molecule has 15 heteroatoms. The largest absolute Gasteiger partial charge is 0.492 e. The van der Waals surface area contributed by atoms with Gasteiger partial charge in [-0.15, -0.1) is 0 Å². The third-order valence-corrected chi connectivity index (χ3v) is 9.22. The number of para-hydroxylation sites is 1. The summed E-state index contributed by atoms with van der Waals surface area (Å²) < 4.78 is 21.5. The van der Waals surface area contributed by atoms with Crippen LogP contribution >= 0.6 is 0 Å². The number of carbonyl (C=O) groups excluding carboxylic acids is 2. The number of hydrogen-bond acceptors (Lipinski definition) is 10. The fraction of sp³-hybridized carbons (Fsp3) is 0.464. The molecule has 4 aliphatic heterocycles. The van der Waals surface area contributed by atoms with Gasteiger partial charge in [0.05, 0.1) is 37.5 Å². The van der Waals surface area contributed by atoms with Crippen molar-refractivity contribution < 1.29 is 38.3 Å². The molecule has 6 rings (SSSR count). The van der Waals surface area contributed by atoms with Crippen LogP contribution in [0.25, 0.3) is 0 Å². The molecule has 0 saturated carbocycles. The highest BCUT2D eigenvalue weighted by atomic mass is 19.1. The Morgan fingerprint density at radius 1 is 1.16 bits per heavy atom. The molecule has 0 bridgehead atoms. The van der Waals surface area contributed by atoms with Crippen molar-refractivity contribution in [1.29, 1.82) is 0 Å². The number of nitrogens with two attached hydrogens (primary N) is 2. The van der Waals surface area contributed by atoms with Crippen LogP contribution in [-0.2, 0) is 5.41 Å². The maximum absolute atomic E-state index is 13.7. The predicted octanol–water partition coefficient (Wildman–Crippen LogP) is -1.74. The molecule has 1 aromatic carbocycles. The van der Waals surface area contributed by atoms with Gasteiger partial charge < -0.3 is 25.7 Å². The predicted molar refractivity (Wildman–Crippen MR) is 150 cm³/mol. The molecule has 228 valence electrons. The van der Waals surface area contributed by atoms with Crippen molar-refractivity contribution in [2.75, 3.05) is 19.7 Å². The van der Waals surface area contributed by atoms with Gasteiger partial charge in [0.1, 0.15) is 23.3 Å². The second kappa shape index (κ2) is 9.69. The Hall–Kier alpha value is -4.66. The normalized spacial score (nSPS) is 30.3. The van der Waals surface area contributed by atoms with Crippen LogP contribution in [-0.4, -0.2) is 97.4 Å². The van der Waals surface area contributed by atoms with Crippen LogP contribution in [0.15, 0.2) is 36.5 Å². The maximum Gasteiger partial charge on any atom is 0.384 e. The first-order valence-corrected chi connectivity index (χ1v) is 14.0. The molecular formula is C28H36FN9O5+2. The molecule has 43 heavy (non-hydrogen) atoms.